The summed E-state index contributed by atoms with van der Waals surface area (Å²) in [4.78, 5) is 17.7. The van der Waals surface area contributed by atoms with Crippen molar-refractivity contribution >= 4 is 34.0 Å². The first kappa shape index (κ1) is 17.7. The van der Waals surface area contributed by atoms with Gasteiger partial charge in [-0.1, -0.05) is 54.1 Å². The maximum atomic E-state index is 12.6. The van der Waals surface area contributed by atoms with E-state index in [-0.39, 0.29) is 5.56 Å². The van der Waals surface area contributed by atoms with E-state index in [1.807, 2.05) is 42.5 Å². The highest BCUT2D eigenvalue weighted by molar-refractivity contribution is 7.15. The van der Waals surface area contributed by atoms with Gasteiger partial charge in [-0.15, -0.1) is 5.10 Å². The molecule has 27 heavy (non-hydrogen) atoms. The average Bonchev–Trinajstić information content (AvgIpc) is 3.21. The Morgan fingerprint density at radius 3 is 2.74 bits per heavy atom. The molecule has 4 aromatic rings. The molecule has 0 spiro atoms. The molecule has 0 radical (unpaired) electrons. The number of hydrogen-bond acceptors (Lipinski definition) is 5. The van der Waals surface area contributed by atoms with Crippen LogP contribution in [-0.2, 0) is 0 Å². The Morgan fingerprint density at radius 2 is 2.04 bits per heavy atom. The van der Waals surface area contributed by atoms with Crippen molar-refractivity contribution < 1.29 is 4.74 Å². The van der Waals surface area contributed by atoms with Crippen LogP contribution in [0.5, 0.6) is 5.75 Å². The van der Waals surface area contributed by atoms with Crippen LogP contribution in [0.25, 0.3) is 22.4 Å². The fraction of sp³-hybridized carbons (Fsp3) is 0.150. The van der Waals surface area contributed by atoms with Crippen molar-refractivity contribution in [2.75, 3.05) is 6.61 Å². The topological polar surface area (TPSA) is 56.5 Å². The summed E-state index contributed by atoms with van der Waals surface area (Å²) in [5, 5.41) is 4.94. The zero-order valence-corrected chi connectivity index (χ0v) is 16.1. The van der Waals surface area contributed by atoms with E-state index in [1.165, 1.54) is 15.9 Å². The first-order valence-electron chi connectivity index (χ1n) is 8.54. The lowest BCUT2D eigenvalue weighted by atomic mass is 10.2. The van der Waals surface area contributed by atoms with Crippen molar-refractivity contribution in [3.63, 3.8) is 0 Å². The van der Waals surface area contributed by atoms with Crippen LogP contribution in [0, 0.1) is 0 Å². The van der Waals surface area contributed by atoms with Gasteiger partial charge >= 0.3 is 0 Å². The highest BCUT2D eigenvalue weighted by atomic mass is 35.5. The zero-order valence-electron chi connectivity index (χ0n) is 14.6. The number of ether oxygens (including phenoxy) is 1. The summed E-state index contributed by atoms with van der Waals surface area (Å²) >= 11 is 7.33. The van der Waals surface area contributed by atoms with Crippen molar-refractivity contribution in [3.8, 4) is 17.1 Å². The molecule has 4 rings (SSSR count). The van der Waals surface area contributed by atoms with E-state index in [0.29, 0.717) is 26.9 Å². The molecule has 136 valence electrons. The molecular formula is C20H16ClN3O2S. The van der Waals surface area contributed by atoms with Gasteiger partial charge in [0.1, 0.15) is 5.75 Å². The lowest BCUT2D eigenvalue weighted by molar-refractivity contribution is 0.317. The predicted octanol–water partition coefficient (Wildman–Crippen LogP) is 3.81. The minimum absolute atomic E-state index is 0.179. The Hall–Kier alpha value is -2.70. The predicted molar refractivity (Wildman–Crippen MR) is 109 cm³/mol. The van der Waals surface area contributed by atoms with Crippen LogP contribution >= 0.6 is 22.9 Å². The van der Waals surface area contributed by atoms with Crippen molar-refractivity contribution in [3.05, 3.63) is 74.0 Å². The Balaban J connectivity index is 1.67. The summed E-state index contributed by atoms with van der Waals surface area (Å²) in [5.74, 6) is 1.31. The molecule has 7 heteroatoms. The van der Waals surface area contributed by atoms with Gasteiger partial charge in [0.2, 0.25) is 4.96 Å². The summed E-state index contributed by atoms with van der Waals surface area (Å²) in [6.45, 7) is 2.76. The number of rotatable bonds is 5. The van der Waals surface area contributed by atoms with E-state index < -0.39 is 0 Å². The molecule has 0 aliphatic rings. The molecule has 2 aromatic carbocycles. The molecule has 0 bridgehead atoms. The standard InChI is InChI=1S/C20H16ClN3O2S/c1-2-10-26-16-8-6-13(7-9-16)11-17-19(25)24-20(27-17)22-18(23-24)14-4-3-5-15(21)12-14/h3-9,11-12H,2,10H2,1H3/b17-11+. The molecule has 2 heterocycles. The van der Waals surface area contributed by atoms with E-state index in [4.69, 9.17) is 16.3 Å². The zero-order chi connectivity index (χ0) is 18.8. The third-order valence-corrected chi connectivity index (χ3v) is 5.11. The van der Waals surface area contributed by atoms with Crippen LogP contribution < -0.4 is 14.8 Å². The van der Waals surface area contributed by atoms with Crippen LogP contribution in [0.1, 0.15) is 18.9 Å². The first-order valence-corrected chi connectivity index (χ1v) is 9.73. The summed E-state index contributed by atoms with van der Waals surface area (Å²) in [5.41, 5.74) is 1.53. The second kappa shape index (κ2) is 7.50. The number of nitrogens with zero attached hydrogens (tertiary/aromatic N) is 3. The molecule has 0 unspecified atom stereocenters. The normalized spacial score (nSPS) is 12.0. The monoisotopic (exact) mass is 397 g/mol. The quantitative estimate of drug-likeness (QED) is 0.514. The molecule has 0 saturated carbocycles. The maximum absolute atomic E-state index is 12.6. The Labute approximate surface area is 164 Å². The van der Waals surface area contributed by atoms with Gasteiger partial charge in [0.05, 0.1) is 11.1 Å². The minimum Gasteiger partial charge on any atom is -0.494 e. The Kier molecular flexibility index (Phi) is 4.92. The summed E-state index contributed by atoms with van der Waals surface area (Å²) in [7, 11) is 0. The fourth-order valence-electron chi connectivity index (χ4n) is 2.62. The second-order valence-electron chi connectivity index (χ2n) is 5.97. The number of hydrogen-bond donors (Lipinski definition) is 0. The van der Waals surface area contributed by atoms with Crippen molar-refractivity contribution in [2.24, 2.45) is 0 Å². The van der Waals surface area contributed by atoms with Gasteiger partial charge in [-0.3, -0.25) is 4.79 Å². The minimum atomic E-state index is -0.179. The molecule has 0 atom stereocenters. The van der Waals surface area contributed by atoms with Crippen molar-refractivity contribution in [1.82, 2.24) is 14.6 Å². The molecular weight excluding hydrogens is 382 g/mol. The Bertz CT molecular complexity index is 1200. The number of thiazole rings is 1. The van der Waals surface area contributed by atoms with Gasteiger partial charge < -0.3 is 4.74 Å². The summed E-state index contributed by atoms with van der Waals surface area (Å²) < 4.78 is 7.50. The van der Waals surface area contributed by atoms with Crippen LogP contribution in [0.15, 0.2) is 53.3 Å². The molecule has 0 aliphatic heterocycles. The van der Waals surface area contributed by atoms with E-state index in [9.17, 15) is 4.79 Å². The maximum Gasteiger partial charge on any atom is 0.291 e. The largest absolute Gasteiger partial charge is 0.494 e. The molecule has 2 aromatic heterocycles. The molecule has 0 N–H and O–H groups in total. The van der Waals surface area contributed by atoms with Crippen molar-refractivity contribution in [2.45, 2.75) is 13.3 Å². The Morgan fingerprint density at radius 1 is 1.22 bits per heavy atom. The van der Waals surface area contributed by atoms with Gasteiger partial charge in [0.15, 0.2) is 5.82 Å². The number of halogens is 1. The molecule has 0 aliphatic carbocycles. The molecule has 0 saturated heterocycles. The lowest BCUT2D eigenvalue weighted by Crippen LogP contribution is -2.23. The van der Waals surface area contributed by atoms with E-state index in [0.717, 1.165) is 23.3 Å². The van der Waals surface area contributed by atoms with Gasteiger partial charge in [-0.2, -0.15) is 9.50 Å². The van der Waals surface area contributed by atoms with E-state index in [1.54, 1.807) is 12.1 Å². The SMILES string of the molecule is CCCOc1ccc(/C=c2/sc3nc(-c4cccc(Cl)c4)nn3c2=O)cc1. The highest BCUT2D eigenvalue weighted by Gasteiger charge is 2.12. The third-order valence-electron chi connectivity index (χ3n) is 3.92. The average molecular weight is 398 g/mol. The number of fused-ring (bicyclic) bond motifs is 1. The number of aromatic nitrogens is 3. The van der Waals surface area contributed by atoms with Crippen LogP contribution in [0.3, 0.4) is 0 Å². The van der Waals surface area contributed by atoms with Crippen molar-refractivity contribution in [1.29, 1.82) is 0 Å². The van der Waals surface area contributed by atoms with Gasteiger partial charge in [-0.05, 0) is 42.3 Å². The lowest BCUT2D eigenvalue weighted by Gasteiger charge is -2.03. The highest BCUT2D eigenvalue weighted by Crippen LogP contribution is 2.20. The molecule has 0 amide bonds. The number of benzene rings is 2. The fourth-order valence-corrected chi connectivity index (χ4v) is 3.71. The van der Waals surface area contributed by atoms with Crippen LogP contribution in [0.2, 0.25) is 5.02 Å². The van der Waals surface area contributed by atoms with E-state index >= 15 is 0 Å². The van der Waals surface area contributed by atoms with Crippen LogP contribution in [0.4, 0.5) is 0 Å². The smallest absolute Gasteiger partial charge is 0.291 e. The summed E-state index contributed by atoms with van der Waals surface area (Å²) in [6, 6.07) is 14.9. The second-order valence-corrected chi connectivity index (χ2v) is 7.42. The summed E-state index contributed by atoms with van der Waals surface area (Å²) in [6.07, 6.45) is 2.80. The molecule has 5 nitrogen and oxygen atoms in total. The van der Waals surface area contributed by atoms with E-state index in [2.05, 4.69) is 17.0 Å². The first-order chi connectivity index (χ1) is 13.1. The van der Waals surface area contributed by atoms with Gasteiger partial charge in [0.25, 0.3) is 5.56 Å². The molecule has 0 fully saturated rings. The van der Waals surface area contributed by atoms with Crippen LogP contribution in [-0.4, -0.2) is 21.2 Å². The van der Waals surface area contributed by atoms with Gasteiger partial charge in [0, 0.05) is 10.6 Å². The third kappa shape index (κ3) is 3.72. The van der Waals surface area contributed by atoms with Gasteiger partial charge in [-0.25, -0.2) is 0 Å².